The average molecular weight is 423 g/mol. The Morgan fingerprint density at radius 1 is 1.10 bits per heavy atom. The van der Waals surface area contributed by atoms with Gasteiger partial charge in [0.2, 0.25) is 5.91 Å². The lowest BCUT2D eigenvalue weighted by atomic mass is 9.91. The third kappa shape index (κ3) is 5.86. The molecule has 2 unspecified atom stereocenters. The second kappa shape index (κ2) is 10.8. The van der Waals surface area contributed by atoms with E-state index in [0.29, 0.717) is 19.6 Å². The average Bonchev–Trinajstić information content (AvgIpc) is 2.73. The van der Waals surface area contributed by atoms with Crippen LogP contribution in [0.1, 0.15) is 44.6 Å². The highest BCUT2D eigenvalue weighted by atomic mass is 35.5. The van der Waals surface area contributed by atoms with Crippen LogP contribution in [0, 0.1) is 5.92 Å². The second-order valence-electron chi connectivity index (χ2n) is 8.34. The molecule has 2 saturated heterocycles. The maximum Gasteiger partial charge on any atom is 0.320 e. The van der Waals surface area contributed by atoms with E-state index in [9.17, 15) is 9.59 Å². The predicted octanol–water partition coefficient (Wildman–Crippen LogP) is 3.10. The number of carbonyl (C=O) groups excluding carboxylic acids is 2. The number of benzene rings is 1. The molecular weight excluding hydrogens is 388 g/mol. The molecule has 2 atom stereocenters. The van der Waals surface area contributed by atoms with E-state index in [2.05, 4.69) is 0 Å². The van der Waals surface area contributed by atoms with E-state index in [0.717, 1.165) is 44.2 Å². The highest BCUT2D eigenvalue weighted by molar-refractivity contribution is 5.85. The van der Waals surface area contributed by atoms with Gasteiger partial charge in [-0.25, -0.2) is 4.79 Å². The van der Waals surface area contributed by atoms with Crippen LogP contribution in [0.2, 0.25) is 0 Å². The molecule has 2 N–H and O–H groups in total. The minimum Gasteiger partial charge on any atom is -0.338 e. The van der Waals surface area contributed by atoms with E-state index in [1.807, 2.05) is 54.1 Å². The van der Waals surface area contributed by atoms with E-state index in [1.165, 1.54) is 0 Å². The number of urea groups is 1. The molecule has 0 saturated carbocycles. The molecule has 2 aliphatic rings. The molecule has 0 radical (unpaired) electrons. The van der Waals surface area contributed by atoms with Crippen molar-refractivity contribution < 1.29 is 9.59 Å². The van der Waals surface area contributed by atoms with Crippen LogP contribution < -0.4 is 5.73 Å². The Balaban J connectivity index is 0.00000300. The van der Waals surface area contributed by atoms with Gasteiger partial charge in [-0.3, -0.25) is 4.79 Å². The predicted molar refractivity (Wildman–Crippen MR) is 118 cm³/mol. The molecule has 2 heterocycles. The molecule has 7 heteroatoms. The van der Waals surface area contributed by atoms with Crippen molar-refractivity contribution in [1.82, 2.24) is 14.7 Å². The Hall–Kier alpha value is -1.79. The van der Waals surface area contributed by atoms with Crippen LogP contribution in [0.5, 0.6) is 0 Å². The highest BCUT2D eigenvalue weighted by Crippen LogP contribution is 2.26. The number of carbonyl (C=O) groups is 2. The number of amides is 3. The molecule has 162 valence electrons. The van der Waals surface area contributed by atoms with Crippen molar-refractivity contribution >= 4 is 24.3 Å². The number of nitrogens with two attached hydrogens (primary N) is 1. The second-order valence-corrected chi connectivity index (χ2v) is 8.34. The molecule has 1 aromatic rings. The summed E-state index contributed by atoms with van der Waals surface area (Å²) in [6.45, 7) is 4.71. The zero-order valence-corrected chi connectivity index (χ0v) is 18.4. The van der Waals surface area contributed by atoms with Crippen LogP contribution >= 0.6 is 12.4 Å². The van der Waals surface area contributed by atoms with Crippen LogP contribution in [0.3, 0.4) is 0 Å². The van der Waals surface area contributed by atoms with Crippen molar-refractivity contribution in [1.29, 1.82) is 0 Å². The lowest BCUT2D eigenvalue weighted by Gasteiger charge is -2.41. The van der Waals surface area contributed by atoms with Crippen LogP contribution in [-0.4, -0.2) is 65.4 Å². The maximum absolute atomic E-state index is 13.1. The van der Waals surface area contributed by atoms with Crippen molar-refractivity contribution in [3.63, 3.8) is 0 Å². The standard InChI is InChI=1S/C22H34N4O2.ClH/c1-17(23)20-10-6-7-13-26(20)21(27)19-11-14-25(15-12-19)22(28)24(2)16-18-8-4-3-5-9-18;/h3-5,8-9,17,19-20H,6-7,10-16,23H2,1-2H3;1H. The van der Waals surface area contributed by atoms with Gasteiger partial charge in [0.1, 0.15) is 0 Å². The van der Waals surface area contributed by atoms with E-state index in [-0.39, 0.29) is 42.3 Å². The summed E-state index contributed by atoms with van der Waals surface area (Å²) >= 11 is 0. The molecule has 0 aromatic heterocycles. The van der Waals surface area contributed by atoms with Gasteiger partial charge >= 0.3 is 6.03 Å². The van der Waals surface area contributed by atoms with Gasteiger partial charge < -0.3 is 20.4 Å². The first-order valence-corrected chi connectivity index (χ1v) is 10.6. The summed E-state index contributed by atoms with van der Waals surface area (Å²) in [6.07, 6.45) is 4.70. The summed E-state index contributed by atoms with van der Waals surface area (Å²) in [7, 11) is 1.84. The fourth-order valence-electron chi connectivity index (χ4n) is 4.50. The number of likely N-dealkylation sites (tertiary alicyclic amines) is 2. The van der Waals surface area contributed by atoms with Crippen LogP contribution in [0.25, 0.3) is 0 Å². The van der Waals surface area contributed by atoms with Crippen molar-refractivity contribution in [2.75, 3.05) is 26.7 Å². The topological polar surface area (TPSA) is 69.9 Å². The van der Waals surface area contributed by atoms with E-state index >= 15 is 0 Å². The Morgan fingerprint density at radius 3 is 2.38 bits per heavy atom. The smallest absolute Gasteiger partial charge is 0.320 e. The summed E-state index contributed by atoms with van der Waals surface area (Å²) in [5.41, 5.74) is 7.25. The van der Waals surface area contributed by atoms with Crippen molar-refractivity contribution in [3.8, 4) is 0 Å². The number of piperidine rings is 2. The van der Waals surface area contributed by atoms with Gasteiger partial charge in [0.05, 0.1) is 0 Å². The van der Waals surface area contributed by atoms with E-state index in [1.54, 1.807) is 4.90 Å². The molecule has 3 amide bonds. The first kappa shape index (κ1) is 23.5. The Bertz CT molecular complexity index is 662. The molecule has 0 aliphatic carbocycles. The third-order valence-corrected chi connectivity index (χ3v) is 6.14. The summed E-state index contributed by atoms with van der Waals surface area (Å²) in [4.78, 5) is 31.5. The van der Waals surface area contributed by atoms with Crippen LogP contribution in [0.15, 0.2) is 30.3 Å². The van der Waals surface area contributed by atoms with Gasteiger partial charge in [0.25, 0.3) is 0 Å². The van der Waals surface area contributed by atoms with Crippen molar-refractivity contribution in [2.45, 2.75) is 57.7 Å². The summed E-state index contributed by atoms with van der Waals surface area (Å²) in [5.74, 6) is 0.259. The van der Waals surface area contributed by atoms with Crippen LogP contribution in [-0.2, 0) is 11.3 Å². The molecule has 0 spiro atoms. The number of nitrogens with zero attached hydrogens (tertiary/aromatic N) is 3. The van der Waals surface area contributed by atoms with Gasteiger partial charge in [0, 0.05) is 51.2 Å². The Morgan fingerprint density at radius 2 is 1.76 bits per heavy atom. The molecule has 2 fully saturated rings. The van der Waals surface area contributed by atoms with Gasteiger partial charge in [-0.2, -0.15) is 0 Å². The van der Waals surface area contributed by atoms with Gasteiger partial charge in [-0.1, -0.05) is 30.3 Å². The number of halogens is 1. The monoisotopic (exact) mass is 422 g/mol. The first-order chi connectivity index (χ1) is 13.5. The summed E-state index contributed by atoms with van der Waals surface area (Å²) in [6, 6.07) is 10.2. The van der Waals surface area contributed by atoms with Gasteiger partial charge in [-0.05, 0) is 44.6 Å². The molecule has 6 nitrogen and oxygen atoms in total. The lowest BCUT2D eigenvalue weighted by molar-refractivity contribution is -0.141. The summed E-state index contributed by atoms with van der Waals surface area (Å²) in [5, 5.41) is 0. The molecule has 1 aromatic carbocycles. The zero-order valence-electron chi connectivity index (χ0n) is 17.6. The van der Waals surface area contributed by atoms with Gasteiger partial charge in [-0.15, -0.1) is 12.4 Å². The third-order valence-electron chi connectivity index (χ3n) is 6.14. The SMILES string of the molecule is CC(N)C1CCCCN1C(=O)C1CCN(C(=O)N(C)Cc2ccccc2)CC1.Cl. The zero-order chi connectivity index (χ0) is 20.1. The van der Waals surface area contributed by atoms with E-state index in [4.69, 9.17) is 5.73 Å². The minimum atomic E-state index is 0. The summed E-state index contributed by atoms with van der Waals surface area (Å²) < 4.78 is 0. The Labute approximate surface area is 180 Å². The quantitative estimate of drug-likeness (QED) is 0.810. The maximum atomic E-state index is 13.1. The van der Waals surface area contributed by atoms with Gasteiger partial charge in [0.15, 0.2) is 0 Å². The van der Waals surface area contributed by atoms with E-state index < -0.39 is 0 Å². The number of hydrogen-bond acceptors (Lipinski definition) is 3. The molecule has 29 heavy (non-hydrogen) atoms. The minimum absolute atomic E-state index is 0. The van der Waals surface area contributed by atoms with Crippen LogP contribution in [0.4, 0.5) is 4.79 Å². The molecular formula is C22H35ClN4O2. The lowest BCUT2D eigenvalue weighted by Crippen LogP contribution is -2.55. The number of hydrogen-bond donors (Lipinski definition) is 1. The van der Waals surface area contributed by atoms with Crippen molar-refractivity contribution in [2.24, 2.45) is 11.7 Å². The first-order valence-electron chi connectivity index (χ1n) is 10.6. The molecule has 2 aliphatic heterocycles. The molecule has 0 bridgehead atoms. The normalized spacial score (nSPS) is 21.3. The Kier molecular flexibility index (Phi) is 8.78. The fourth-order valence-corrected chi connectivity index (χ4v) is 4.50. The molecule has 3 rings (SSSR count). The number of rotatable bonds is 4. The fraction of sp³-hybridized carbons (Fsp3) is 0.636. The van der Waals surface area contributed by atoms with Crippen molar-refractivity contribution in [3.05, 3.63) is 35.9 Å². The highest BCUT2D eigenvalue weighted by Gasteiger charge is 2.35. The largest absolute Gasteiger partial charge is 0.338 e.